The van der Waals surface area contributed by atoms with Crippen LogP contribution in [-0.4, -0.2) is 13.7 Å². The summed E-state index contributed by atoms with van der Waals surface area (Å²) >= 11 is -1.90. The second-order valence-electron chi connectivity index (χ2n) is 2.92. The van der Waals surface area contributed by atoms with E-state index in [1.165, 1.54) is 0 Å². The van der Waals surface area contributed by atoms with Gasteiger partial charge in [-0.1, -0.05) is 43.5 Å². The summed E-state index contributed by atoms with van der Waals surface area (Å²) in [6.07, 6.45) is 4.83. The highest BCUT2D eigenvalue weighted by Gasteiger charge is 2.06. The van der Waals surface area contributed by atoms with Crippen molar-refractivity contribution in [2.45, 2.75) is 4.90 Å². The zero-order valence-corrected chi connectivity index (χ0v) is 9.54. The Labute approximate surface area is 96.8 Å². The number of fused-ring (bicyclic) bond motifs is 1. The number of aromatic amines is 1. The Morgan fingerprint density at radius 3 is 2.44 bits per heavy atom. The summed E-state index contributed by atoms with van der Waals surface area (Å²) in [6.45, 7) is 6.72. The van der Waals surface area contributed by atoms with E-state index in [1.54, 1.807) is 18.3 Å². The molecule has 0 saturated carbocycles. The van der Waals surface area contributed by atoms with Gasteiger partial charge in [0.05, 0.1) is 4.90 Å². The maximum atomic E-state index is 10.8. The first-order chi connectivity index (χ1) is 7.70. The highest BCUT2D eigenvalue weighted by molar-refractivity contribution is 7.79. The molecule has 0 fully saturated rings. The first-order valence-electron chi connectivity index (χ1n) is 4.61. The van der Waals surface area contributed by atoms with Gasteiger partial charge in [0.1, 0.15) is 0 Å². The molecule has 0 saturated heterocycles. The van der Waals surface area contributed by atoms with Crippen molar-refractivity contribution >= 4 is 22.0 Å². The Kier molecular flexibility index (Phi) is 4.69. The molecule has 0 aliphatic heterocycles. The van der Waals surface area contributed by atoms with Crippen LogP contribution in [0.5, 0.6) is 0 Å². The summed E-state index contributed by atoms with van der Waals surface area (Å²) in [4.78, 5) is 3.35. The van der Waals surface area contributed by atoms with E-state index >= 15 is 0 Å². The molecule has 0 amide bonds. The molecule has 0 spiro atoms. The number of hydrogen-bond donors (Lipinski definition) is 2. The molecule has 2 aromatic rings. The quantitative estimate of drug-likeness (QED) is 0.620. The van der Waals surface area contributed by atoms with E-state index in [0.29, 0.717) is 4.90 Å². The topological polar surface area (TPSA) is 53.1 Å². The molecule has 4 heteroatoms. The van der Waals surface area contributed by atoms with Crippen LogP contribution in [0.1, 0.15) is 0 Å². The molecule has 0 aliphatic rings. The third kappa shape index (κ3) is 2.92. The number of rotatable bonds is 2. The SMILES string of the molecule is C=CC=C.O=S(O)c1c[nH]c2ccccc12. The van der Waals surface area contributed by atoms with Gasteiger partial charge in [-0.15, -0.1) is 0 Å². The smallest absolute Gasteiger partial charge is 0.188 e. The maximum absolute atomic E-state index is 10.8. The minimum absolute atomic E-state index is 0.436. The van der Waals surface area contributed by atoms with Crippen LogP contribution in [0.15, 0.2) is 60.7 Å². The van der Waals surface area contributed by atoms with E-state index in [9.17, 15) is 4.21 Å². The molecule has 2 rings (SSSR count). The van der Waals surface area contributed by atoms with Crippen LogP contribution in [0.2, 0.25) is 0 Å². The molecule has 16 heavy (non-hydrogen) atoms. The van der Waals surface area contributed by atoms with Crippen LogP contribution in [-0.2, 0) is 11.1 Å². The minimum Gasteiger partial charge on any atom is -0.360 e. The van der Waals surface area contributed by atoms with Gasteiger partial charge in [-0.3, -0.25) is 0 Å². The number of aromatic nitrogens is 1. The van der Waals surface area contributed by atoms with Gasteiger partial charge < -0.3 is 9.54 Å². The van der Waals surface area contributed by atoms with E-state index in [4.69, 9.17) is 4.55 Å². The molecule has 0 aliphatic carbocycles. The predicted molar refractivity (Wildman–Crippen MR) is 67.7 cm³/mol. The normalized spacial score (nSPS) is 11.3. The summed E-state index contributed by atoms with van der Waals surface area (Å²) in [5.41, 5.74) is 0.884. The highest BCUT2D eigenvalue weighted by Crippen LogP contribution is 2.19. The maximum Gasteiger partial charge on any atom is 0.188 e. The van der Waals surface area contributed by atoms with Gasteiger partial charge in [0.25, 0.3) is 0 Å². The molecular formula is C12H13NO2S. The third-order valence-corrected chi connectivity index (χ3v) is 2.62. The molecule has 0 bridgehead atoms. The standard InChI is InChI=1S/C8H7NO2S.C4H6/c10-12(11)8-5-9-7-4-2-1-3-6(7)8;1-3-4-2/h1-5,9H,(H,10,11);3-4H,1-2H2. The largest absolute Gasteiger partial charge is 0.360 e. The lowest BCUT2D eigenvalue weighted by Gasteiger charge is -1.90. The Hall–Kier alpha value is -1.65. The van der Waals surface area contributed by atoms with Crippen LogP contribution in [0, 0.1) is 0 Å². The van der Waals surface area contributed by atoms with Crippen molar-refractivity contribution in [3.8, 4) is 0 Å². The van der Waals surface area contributed by atoms with Gasteiger partial charge >= 0.3 is 0 Å². The van der Waals surface area contributed by atoms with E-state index in [0.717, 1.165) is 10.9 Å². The Morgan fingerprint density at radius 2 is 1.88 bits per heavy atom. The fourth-order valence-corrected chi connectivity index (χ4v) is 1.72. The fraction of sp³-hybridized carbons (Fsp3) is 0. The molecule has 0 radical (unpaired) electrons. The summed E-state index contributed by atoms with van der Waals surface area (Å²) in [5.74, 6) is 0. The lowest BCUT2D eigenvalue weighted by Crippen LogP contribution is -1.84. The van der Waals surface area contributed by atoms with Crippen molar-refractivity contribution in [2.24, 2.45) is 0 Å². The van der Waals surface area contributed by atoms with Crippen LogP contribution < -0.4 is 0 Å². The van der Waals surface area contributed by atoms with Crippen molar-refractivity contribution in [1.82, 2.24) is 4.98 Å². The van der Waals surface area contributed by atoms with Crippen LogP contribution in [0.25, 0.3) is 10.9 Å². The Balaban J connectivity index is 0.000000280. The lowest BCUT2D eigenvalue weighted by atomic mass is 10.2. The number of para-hydroxylation sites is 1. The van der Waals surface area contributed by atoms with Crippen LogP contribution in [0.4, 0.5) is 0 Å². The van der Waals surface area contributed by atoms with E-state index in [-0.39, 0.29) is 0 Å². The molecular weight excluding hydrogens is 222 g/mol. The van der Waals surface area contributed by atoms with E-state index in [2.05, 4.69) is 18.1 Å². The summed E-state index contributed by atoms with van der Waals surface area (Å²) in [7, 11) is 0. The molecule has 2 N–H and O–H groups in total. The third-order valence-electron chi connectivity index (χ3n) is 1.91. The summed E-state index contributed by atoms with van der Waals surface area (Å²) < 4.78 is 19.6. The zero-order chi connectivity index (χ0) is 12.0. The highest BCUT2D eigenvalue weighted by atomic mass is 32.2. The molecule has 1 aromatic carbocycles. The molecule has 1 heterocycles. The van der Waals surface area contributed by atoms with Crippen molar-refractivity contribution in [3.05, 3.63) is 55.8 Å². The lowest BCUT2D eigenvalue weighted by molar-refractivity contribution is 0.565. The van der Waals surface area contributed by atoms with Gasteiger partial charge in [0.15, 0.2) is 11.1 Å². The zero-order valence-electron chi connectivity index (χ0n) is 8.72. The average molecular weight is 235 g/mol. The van der Waals surface area contributed by atoms with Crippen LogP contribution >= 0.6 is 0 Å². The molecule has 3 nitrogen and oxygen atoms in total. The Morgan fingerprint density at radius 1 is 1.25 bits per heavy atom. The molecule has 1 atom stereocenters. The molecule has 84 valence electrons. The van der Waals surface area contributed by atoms with Crippen molar-refractivity contribution in [3.63, 3.8) is 0 Å². The second kappa shape index (κ2) is 6.05. The minimum atomic E-state index is -1.90. The first-order valence-corrected chi connectivity index (χ1v) is 5.71. The van der Waals surface area contributed by atoms with Gasteiger partial charge in [0.2, 0.25) is 0 Å². The molecule has 1 unspecified atom stereocenters. The number of H-pyrrole nitrogens is 1. The second-order valence-corrected chi connectivity index (χ2v) is 3.86. The average Bonchev–Trinajstić information content (AvgIpc) is 2.73. The van der Waals surface area contributed by atoms with Crippen molar-refractivity contribution < 1.29 is 8.76 Å². The fourth-order valence-electron chi connectivity index (χ4n) is 1.19. The first kappa shape index (κ1) is 12.4. The van der Waals surface area contributed by atoms with E-state index < -0.39 is 11.1 Å². The van der Waals surface area contributed by atoms with Gasteiger partial charge in [-0.2, -0.15) is 0 Å². The predicted octanol–water partition coefficient (Wildman–Crippen LogP) is 3.11. The van der Waals surface area contributed by atoms with Gasteiger partial charge in [-0.05, 0) is 6.07 Å². The summed E-state index contributed by atoms with van der Waals surface area (Å²) in [6, 6.07) is 7.40. The number of nitrogens with one attached hydrogen (secondary N) is 1. The van der Waals surface area contributed by atoms with Gasteiger partial charge in [0, 0.05) is 17.1 Å². The number of benzene rings is 1. The summed E-state index contributed by atoms with van der Waals surface area (Å²) in [5, 5.41) is 0.804. The number of allylic oxidation sites excluding steroid dienone is 2. The van der Waals surface area contributed by atoms with Gasteiger partial charge in [-0.25, -0.2) is 4.21 Å². The molecule has 1 aromatic heterocycles. The van der Waals surface area contributed by atoms with E-state index in [1.807, 2.05) is 24.3 Å². The van der Waals surface area contributed by atoms with Crippen LogP contribution in [0.3, 0.4) is 0 Å². The van der Waals surface area contributed by atoms with Crippen molar-refractivity contribution in [1.29, 1.82) is 0 Å². The number of hydrogen-bond acceptors (Lipinski definition) is 1. The Bertz CT molecular complexity index is 510. The van der Waals surface area contributed by atoms with Crippen molar-refractivity contribution in [2.75, 3.05) is 0 Å². The monoisotopic (exact) mass is 235 g/mol.